The Labute approximate surface area is 150 Å². The van der Waals surface area contributed by atoms with Gasteiger partial charge in [0.1, 0.15) is 0 Å². The average molecular weight is 409 g/mol. The van der Waals surface area contributed by atoms with Crippen LogP contribution in [-0.2, 0) is 14.8 Å². The molecule has 1 N–H and O–H groups in total. The molecule has 5 nitrogen and oxygen atoms in total. The molecule has 0 aliphatic carbocycles. The fourth-order valence-electron chi connectivity index (χ4n) is 1.89. The van der Waals surface area contributed by atoms with E-state index in [9.17, 15) is 13.2 Å². The first-order chi connectivity index (χ1) is 11.3. The van der Waals surface area contributed by atoms with Crippen molar-refractivity contribution in [3.05, 3.63) is 64.6 Å². The number of carbonyl (C=O) groups excluding carboxylic acids is 1. The quantitative estimate of drug-likeness (QED) is 0.771. The molecule has 0 heterocycles. The highest BCUT2D eigenvalue weighted by Crippen LogP contribution is 2.17. The maximum Gasteiger partial charge on any atom is 0.248 e. The molecule has 126 valence electrons. The largest absolute Gasteiger partial charge is 0.323 e. The first kappa shape index (κ1) is 18.4. The van der Waals surface area contributed by atoms with E-state index in [-0.39, 0.29) is 10.8 Å². The predicted octanol–water partition coefficient (Wildman–Crippen LogP) is 3.35. The van der Waals surface area contributed by atoms with E-state index in [0.29, 0.717) is 5.69 Å². The lowest BCUT2D eigenvalue weighted by molar-refractivity contribution is -0.111. The number of nitrogens with zero attached hydrogens (tertiary/aromatic N) is 1. The first-order valence-corrected chi connectivity index (χ1v) is 9.29. The van der Waals surface area contributed by atoms with Crippen molar-refractivity contribution in [1.82, 2.24) is 4.31 Å². The Morgan fingerprint density at radius 3 is 2.38 bits per heavy atom. The van der Waals surface area contributed by atoms with E-state index < -0.39 is 10.0 Å². The van der Waals surface area contributed by atoms with Gasteiger partial charge in [0, 0.05) is 30.3 Å². The Balaban J connectivity index is 2.05. The lowest BCUT2D eigenvalue weighted by atomic mass is 10.2. The van der Waals surface area contributed by atoms with Crippen molar-refractivity contribution in [2.75, 3.05) is 19.4 Å². The molecular formula is C17H17BrN2O3S. The number of hydrogen-bond acceptors (Lipinski definition) is 3. The molecule has 0 radical (unpaired) electrons. The van der Waals surface area contributed by atoms with Crippen molar-refractivity contribution in [3.8, 4) is 0 Å². The highest BCUT2D eigenvalue weighted by molar-refractivity contribution is 9.10. The summed E-state index contributed by atoms with van der Waals surface area (Å²) < 4.78 is 26.0. The highest BCUT2D eigenvalue weighted by Gasteiger charge is 2.16. The minimum absolute atomic E-state index is 0.176. The molecule has 7 heteroatoms. The normalized spacial score (nSPS) is 11.8. The van der Waals surface area contributed by atoms with Crippen LogP contribution in [0.1, 0.15) is 5.56 Å². The van der Waals surface area contributed by atoms with Gasteiger partial charge in [-0.1, -0.05) is 28.1 Å². The molecule has 0 aliphatic heterocycles. The van der Waals surface area contributed by atoms with Crippen molar-refractivity contribution in [2.24, 2.45) is 0 Å². The molecule has 1 amide bonds. The van der Waals surface area contributed by atoms with Crippen molar-refractivity contribution < 1.29 is 13.2 Å². The van der Waals surface area contributed by atoms with Crippen LogP contribution in [0.4, 0.5) is 5.69 Å². The number of benzene rings is 2. The Kier molecular flexibility index (Phi) is 5.93. The minimum atomic E-state index is -3.47. The zero-order valence-electron chi connectivity index (χ0n) is 13.2. The number of rotatable bonds is 5. The van der Waals surface area contributed by atoms with Crippen molar-refractivity contribution >= 4 is 43.6 Å². The third-order valence-corrected chi connectivity index (χ3v) is 5.50. The molecule has 0 saturated heterocycles. The molecule has 0 bridgehead atoms. The smallest absolute Gasteiger partial charge is 0.248 e. The van der Waals surface area contributed by atoms with Gasteiger partial charge in [-0.25, -0.2) is 12.7 Å². The number of halogens is 1. The second-order valence-electron chi connectivity index (χ2n) is 5.19. The maximum absolute atomic E-state index is 12.0. The van der Waals surface area contributed by atoms with E-state index in [1.807, 2.05) is 24.3 Å². The Morgan fingerprint density at radius 2 is 1.79 bits per heavy atom. The van der Waals surface area contributed by atoms with Crippen LogP contribution in [0.15, 0.2) is 64.0 Å². The summed E-state index contributed by atoms with van der Waals surface area (Å²) in [5, 5.41) is 2.69. The van der Waals surface area contributed by atoms with Crippen LogP contribution in [0, 0.1) is 0 Å². The molecular weight excluding hydrogens is 392 g/mol. The summed E-state index contributed by atoms with van der Waals surface area (Å²) in [6, 6.07) is 13.6. The summed E-state index contributed by atoms with van der Waals surface area (Å²) in [4.78, 5) is 12.1. The zero-order valence-corrected chi connectivity index (χ0v) is 15.6. The minimum Gasteiger partial charge on any atom is -0.323 e. The van der Waals surface area contributed by atoms with Gasteiger partial charge in [0.2, 0.25) is 15.9 Å². The fraction of sp³-hybridized carbons (Fsp3) is 0.118. The van der Waals surface area contributed by atoms with Gasteiger partial charge in [-0.05, 0) is 48.0 Å². The van der Waals surface area contributed by atoms with E-state index in [1.54, 1.807) is 18.2 Å². The molecule has 2 aromatic rings. The van der Waals surface area contributed by atoms with Gasteiger partial charge < -0.3 is 5.32 Å². The van der Waals surface area contributed by atoms with Gasteiger partial charge in [0.05, 0.1) is 4.90 Å². The van der Waals surface area contributed by atoms with E-state index in [1.165, 1.54) is 32.3 Å². The number of nitrogens with one attached hydrogen (secondary N) is 1. The van der Waals surface area contributed by atoms with E-state index in [2.05, 4.69) is 21.2 Å². The van der Waals surface area contributed by atoms with Crippen LogP contribution in [0.5, 0.6) is 0 Å². The SMILES string of the molecule is CN(C)S(=O)(=O)c1ccc(NC(=O)C=Cc2cccc(Br)c2)cc1. The van der Waals surface area contributed by atoms with Crippen molar-refractivity contribution in [1.29, 1.82) is 0 Å². The van der Waals surface area contributed by atoms with Gasteiger partial charge in [0.15, 0.2) is 0 Å². The van der Waals surface area contributed by atoms with Gasteiger partial charge in [-0.15, -0.1) is 0 Å². The third kappa shape index (κ3) is 4.77. The Bertz CT molecular complexity index is 860. The number of amides is 1. The number of sulfonamides is 1. The van der Waals surface area contributed by atoms with Crippen LogP contribution in [-0.4, -0.2) is 32.7 Å². The van der Waals surface area contributed by atoms with Gasteiger partial charge in [-0.3, -0.25) is 4.79 Å². The second kappa shape index (κ2) is 7.74. The number of anilines is 1. The lowest BCUT2D eigenvalue weighted by Gasteiger charge is -2.11. The summed E-state index contributed by atoms with van der Waals surface area (Å²) in [6.45, 7) is 0. The summed E-state index contributed by atoms with van der Waals surface area (Å²) in [7, 11) is -0.530. The number of hydrogen-bond donors (Lipinski definition) is 1. The molecule has 2 aromatic carbocycles. The number of carbonyl (C=O) groups is 1. The predicted molar refractivity (Wildman–Crippen MR) is 99.1 cm³/mol. The molecule has 0 atom stereocenters. The highest BCUT2D eigenvalue weighted by atomic mass is 79.9. The molecule has 0 aliphatic rings. The van der Waals surface area contributed by atoms with E-state index in [4.69, 9.17) is 0 Å². The third-order valence-electron chi connectivity index (χ3n) is 3.18. The van der Waals surface area contributed by atoms with Gasteiger partial charge in [0.25, 0.3) is 0 Å². The summed E-state index contributed by atoms with van der Waals surface area (Å²) in [5.74, 6) is -0.293. The molecule has 24 heavy (non-hydrogen) atoms. The van der Waals surface area contributed by atoms with Gasteiger partial charge >= 0.3 is 0 Å². The van der Waals surface area contributed by atoms with Crippen LogP contribution in [0.2, 0.25) is 0 Å². The molecule has 2 rings (SSSR count). The van der Waals surface area contributed by atoms with Crippen LogP contribution in [0.3, 0.4) is 0 Å². The van der Waals surface area contributed by atoms with Crippen LogP contribution >= 0.6 is 15.9 Å². The monoisotopic (exact) mass is 408 g/mol. The van der Waals surface area contributed by atoms with Gasteiger partial charge in [-0.2, -0.15) is 0 Å². The Hall–Kier alpha value is -1.96. The first-order valence-electron chi connectivity index (χ1n) is 7.06. The van der Waals surface area contributed by atoms with Crippen LogP contribution in [0.25, 0.3) is 6.08 Å². The average Bonchev–Trinajstić information content (AvgIpc) is 2.53. The fourth-order valence-corrected chi connectivity index (χ4v) is 3.21. The summed E-state index contributed by atoms with van der Waals surface area (Å²) in [5.41, 5.74) is 1.42. The zero-order chi connectivity index (χ0) is 17.7. The summed E-state index contributed by atoms with van der Waals surface area (Å²) >= 11 is 3.37. The van der Waals surface area contributed by atoms with E-state index >= 15 is 0 Å². The maximum atomic E-state index is 12.0. The molecule has 0 unspecified atom stereocenters. The lowest BCUT2D eigenvalue weighted by Crippen LogP contribution is -2.22. The molecule has 0 saturated carbocycles. The second-order valence-corrected chi connectivity index (χ2v) is 8.26. The van der Waals surface area contributed by atoms with Crippen LogP contribution < -0.4 is 5.32 Å². The Morgan fingerprint density at radius 1 is 1.12 bits per heavy atom. The molecule has 0 aromatic heterocycles. The van der Waals surface area contributed by atoms with E-state index in [0.717, 1.165) is 14.3 Å². The molecule has 0 spiro atoms. The topological polar surface area (TPSA) is 66.5 Å². The van der Waals surface area contributed by atoms with Crippen molar-refractivity contribution in [3.63, 3.8) is 0 Å². The molecule has 0 fully saturated rings. The standard InChI is InChI=1S/C17H17BrN2O3S/c1-20(2)24(22,23)16-9-7-15(8-10-16)19-17(21)11-6-13-4-3-5-14(18)12-13/h3-12H,1-2H3,(H,19,21). The van der Waals surface area contributed by atoms with Crippen molar-refractivity contribution in [2.45, 2.75) is 4.90 Å². The summed E-state index contributed by atoms with van der Waals surface area (Å²) in [6.07, 6.45) is 3.12.